The van der Waals surface area contributed by atoms with Gasteiger partial charge in [0, 0.05) is 28.6 Å². The van der Waals surface area contributed by atoms with Crippen molar-refractivity contribution in [3.8, 4) is 0 Å². The Morgan fingerprint density at radius 2 is 1.88 bits per heavy atom. The molecule has 1 aliphatic rings. The van der Waals surface area contributed by atoms with E-state index in [9.17, 15) is 22.8 Å². The largest absolute Gasteiger partial charge is 0.416 e. The van der Waals surface area contributed by atoms with Crippen LogP contribution < -0.4 is 10.6 Å². The number of nitrogens with one attached hydrogen (secondary N) is 3. The van der Waals surface area contributed by atoms with E-state index < -0.39 is 23.6 Å². The summed E-state index contributed by atoms with van der Waals surface area (Å²) in [6, 6.07) is 8.02. The predicted octanol–water partition coefficient (Wildman–Crippen LogP) is 5.39. The fraction of sp³-hybridized carbons (Fsp3) is 0.458. The Morgan fingerprint density at radius 3 is 2.52 bits per heavy atom. The number of halogens is 3. The topological polar surface area (TPSA) is 82.1 Å². The van der Waals surface area contributed by atoms with Gasteiger partial charge in [-0.1, -0.05) is 12.1 Å². The van der Waals surface area contributed by atoms with Gasteiger partial charge in [-0.3, -0.25) is 9.59 Å². The molecule has 1 fully saturated rings. The van der Waals surface area contributed by atoms with Crippen LogP contribution in [0.4, 0.5) is 13.2 Å². The van der Waals surface area contributed by atoms with Crippen molar-refractivity contribution in [2.45, 2.75) is 57.2 Å². The minimum Gasteiger partial charge on any atom is -0.352 e. The van der Waals surface area contributed by atoms with Crippen LogP contribution in [-0.2, 0) is 11.0 Å². The summed E-state index contributed by atoms with van der Waals surface area (Å²) < 4.78 is 38.4. The quantitative estimate of drug-likeness (QED) is 0.444. The molecule has 0 spiro atoms. The molecule has 1 atom stereocenters. The third-order valence-corrected chi connectivity index (χ3v) is 7.00. The smallest absolute Gasteiger partial charge is 0.352 e. The molecule has 0 aliphatic heterocycles. The molecular weight excluding hydrogens is 451 g/mol. The van der Waals surface area contributed by atoms with Crippen molar-refractivity contribution < 1.29 is 22.8 Å². The summed E-state index contributed by atoms with van der Waals surface area (Å²) in [7, 11) is 0. The lowest BCUT2D eigenvalue weighted by Crippen LogP contribution is -2.42. The summed E-state index contributed by atoms with van der Waals surface area (Å²) in [6.45, 7) is 1.46. The van der Waals surface area contributed by atoms with Crippen LogP contribution in [0.5, 0.6) is 0 Å². The Kier molecular flexibility index (Phi) is 8.29. The van der Waals surface area contributed by atoms with E-state index in [1.54, 1.807) is 18.3 Å². The van der Waals surface area contributed by atoms with E-state index in [4.69, 9.17) is 5.41 Å². The number of carbonyl (C=O) groups excluding carboxylic acids is 2. The Labute approximate surface area is 195 Å². The van der Waals surface area contributed by atoms with Gasteiger partial charge in [-0.2, -0.15) is 13.2 Å². The molecule has 0 radical (unpaired) electrons. The first kappa shape index (κ1) is 25.0. The Morgan fingerprint density at radius 1 is 1.15 bits per heavy atom. The first-order valence-corrected chi connectivity index (χ1v) is 11.9. The monoisotopic (exact) mass is 479 g/mol. The average molecular weight is 480 g/mol. The number of benzene rings is 1. The zero-order chi connectivity index (χ0) is 24.0. The van der Waals surface area contributed by atoms with Crippen molar-refractivity contribution in [1.82, 2.24) is 10.6 Å². The van der Waals surface area contributed by atoms with Gasteiger partial charge in [0.15, 0.2) is 0 Å². The molecule has 178 valence electrons. The lowest BCUT2D eigenvalue weighted by molar-refractivity contribution is -0.137. The maximum absolute atomic E-state index is 12.8. The van der Waals surface area contributed by atoms with E-state index in [-0.39, 0.29) is 24.1 Å². The van der Waals surface area contributed by atoms with Crippen molar-refractivity contribution in [3.63, 3.8) is 0 Å². The fourth-order valence-electron chi connectivity index (χ4n) is 4.22. The van der Waals surface area contributed by atoms with Crippen LogP contribution >= 0.6 is 11.3 Å². The standard InChI is InChI=1S/C24H28F3N3O2S/c1-15(12-20(28)16-7-9-17(10-8-16)21-6-3-11-33-21)30-22(31)14-29-23(32)18-4-2-5-19(13-18)24(25,26)27/h2-6,11,13,15-17,28H,7-10,12,14H2,1H3,(H,29,32)(H,30,31)/t15-,16?,17?/m1/s1. The molecule has 3 N–H and O–H groups in total. The van der Waals surface area contributed by atoms with Crippen molar-refractivity contribution in [3.05, 3.63) is 57.8 Å². The van der Waals surface area contributed by atoms with E-state index in [0.29, 0.717) is 18.1 Å². The summed E-state index contributed by atoms with van der Waals surface area (Å²) in [5.41, 5.74) is -0.456. The molecule has 9 heteroatoms. The van der Waals surface area contributed by atoms with Gasteiger partial charge in [-0.25, -0.2) is 0 Å². The van der Waals surface area contributed by atoms with Crippen molar-refractivity contribution in [1.29, 1.82) is 5.41 Å². The molecule has 1 aromatic heterocycles. The predicted molar refractivity (Wildman–Crippen MR) is 123 cm³/mol. The maximum atomic E-state index is 12.8. The van der Waals surface area contributed by atoms with Crippen LogP contribution in [-0.4, -0.2) is 30.1 Å². The number of thiophene rings is 1. The highest BCUT2D eigenvalue weighted by atomic mass is 32.1. The second-order valence-electron chi connectivity index (χ2n) is 8.52. The van der Waals surface area contributed by atoms with E-state index in [1.807, 2.05) is 0 Å². The van der Waals surface area contributed by atoms with Gasteiger partial charge in [0.1, 0.15) is 0 Å². The third-order valence-electron chi connectivity index (χ3n) is 5.96. The molecule has 2 amide bonds. The van der Waals surface area contributed by atoms with Crippen LogP contribution in [0, 0.1) is 11.3 Å². The van der Waals surface area contributed by atoms with Gasteiger partial charge in [-0.15, -0.1) is 11.3 Å². The van der Waals surface area contributed by atoms with Crippen LogP contribution in [0.2, 0.25) is 0 Å². The molecule has 5 nitrogen and oxygen atoms in total. The van der Waals surface area contributed by atoms with Crippen LogP contribution in [0.25, 0.3) is 0 Å². The number of hydrogen-bond acceptors (Lipinski definition) is 4. The highest BCUT2D eigenvalue weighted by molar-refractivity contribution is 7.10. The summed E-state index contributed by atoms with van der Waals surface area (Å²) in [5, 5.41) is 15.6. The van der Waals surface area contributed by atoms with Gasteiger partial charge < -0.3 is 16.0 Å². The Bertz CT molecular complexity index is 968. The highest BCUT2D eigenvalue weighted by Crippen LogP contribution is 2.38. The minimum atomic E-state index is -4.54. The number of rotatable bonds is 8. The third kappa shape index (κ3) is 7.15. The first-order valence-electron chi connectivity index (χ1n) is 11.0. The van der Waals surface area contributed by atoms with Crippen LogP contribution in [0.3, 0.4) is 0 Å². The molecule has 0 bridgehead atoms. The lowest BCUT2D eigenvalue weighted by Gasteiger charge is -2.29. The fourth-order valence-corrected chi connectivity index (χ4v) is 5.12. The molecule has 0 saturated heterocycles. The van der Waals surface area contributed by atoms with Crippen LogP contribution in [0.15, 0.2) is 41.8 Å². The summed E-state index contributed by atoms with van der Waals surface area (Å²) in [4.78, 5) is 25.7. The van der Waals surface area contributed by atoms with E-state index >= 15 is 0 Å². The average Bonchev–Trinajstić information content (AvgIpc) is 3.32. The Balaban J connectivity index is 1.40. The first-order chi connectivity index (χ1) is 15.6. The normalized spacial score (nSPS) is 19.5. The highest BCUT2D eigenvalue weighted by Gasteiger charge is 2.31. The maximum Gasteiger partial charge on any atom is 0.416 e. The van der Waals surface area contributed by atoms with Crippen molar-refractivity contribution >= 4 is 28.9 Å². The second-order valence-corrected chi connectivity index (χ2v) is 9.50. The summed E-state index contributed by atoms with van der Waals surface area (Å²) in [6.07, 6.45) is -0.0472. The second kappa shape index (κ2) is 11.0. The number of alkyl halides is 3. The molecule has 3 rings (SSSR count). The number of hydrogen-bond donors (Lipinski definition) is 3. The number of amides is 2. The van der Waals surface area contributed by atoms with E-state index in [2.05, 4.69) is 28.1 Å². The number of carbonyl (C=O) groups is 2. The SMILES string of the molecule is C[C@H](CC(=N)C1CCC(c2cccs2)CC1)NC(=O)CNC(=O)c1cccc(C(F)(F)F)c1. The van der Waals surface area contributed by atoms with Gasteiger partial charge >= 0.3 is 6.18 Å². The van der Waals surface area contributed by atoms with Crippen LogP contribution in [0.1, 0.15) is 65.7 Å². The molecule has 1 aliphatic carbocycles. The molecular formula is C24H28F3N3O2S. The van der Waals surface area contributed by atoms with Gasteiger partial charge in [-0.05, 0) is 74.1 Å². The molecule has 1 aromatic carbocycles. The summed E-state index contributed by atoms with van der Waals surface area (Å²) in [5.74, 6) is -0.399. The van der Waals surface area contributed by atoms with Gasteiger partial charge in [0.05, 0.1) is 12.1 Å². The van der Waals surface area contributed by atoms with Gasteiger partial charge in [0.2, 0.25) is 5.91 Å². The van der Waals surface area contributed by atoms with E-state index in [1.165, 1.54) is 10.9 Å². The molecule has 33 heavy (non-hydrogen) atoms. The van der Waals surface area contributed by atoms with Crippen molar-refractivity contribution in [2.75, 3.05) is 6.54 Å². The minimum absolute atomic E-state index is 0.161. The molecule has 1 heterocycles. The van der Waals surface area contributed by atoms with Crippen molar-refractivity contribution in [2.24, 2.45) is 5.92 Å². The Hall–Kier alpha value is -2.68. The molecule has 1 saturated carbocycles. The van der Waals surface area contributed by atoms with E-state index in [0.717, 1.165) is 43.9 Å². The zero-order valence-corrected chi connectivity index (χ0v) is 19.2. The molecule has 0 unspecified atom stereocenters. The summed E-state index contributed by atoms with van der Waals surface area (Å²) >= 11 is 1.78. The lowest BCUT2D eigenvalue weighted by atomic mass is 9.78. The molecule has 2 aromatic rings. The zero-order valence-electron chi connectivity index (χ0n) is 18.4. The van der Waals surface area contributed by atoms with Gasteiger partial charge in [0.25, 0.3) is 5.91 Å².